The molecule has 0 radical (unpaired) electrons. The third-order valence-electron chi connectivity index (χ3n) is 12.1. The van der Waals surface area contributed by atoms with E-state index in [0.29, 0.717) is 0 Å². The van der Waals surface area contributed by atoms with Crippen LogP contribution >= 0.6 is 11.3 Å². The molecule has 0 bridgehead atoms. The van der Waals surface area contributed by atoms with Crippen LogP contribution in [0.5, 0.6) is 0 Å². The van der Waals surface area contributed by atoms with Gasteiger partial charge in [-0.3, -0.25) is 4.98 Å². The van der Waals surface area contributed by atoms with Crippen molar-refractivity contribution in [3.05, 3.63) is 235 Å². The highest BCUT2D eigenvalue weighted by Gasteiger charge is 2.53. The Kier molecular flexibility index (Phi) is 7.31. The molecule has 10 aromatic rings. The summed E-state index contributed by atoms with van der Waals surface area (Å²) in [5, 5.41) is 2.34. The highest BCUT2D eigenvalue weighted by atomic mass is 32.1. The summed E-state index contributed by atoms with van der Waals surface area (Å²) in [5.41, 5.74) is 16.5. The molecule has 0 fully saturated rings. The van der Waals surface area contributed by atoms with Crippen LogP contribution in [0.2, 0.25) is 0 Å². The van der Waals surface area contributed by atoms with Crippen LogP contribution in [0.15, 0.2) is 213 Å². The van der Waals surface area contributed by atoms with Gasteiger partial charge in [0.05, 0.1) is 27.7 Å². The molecule has 0 saturated carbocycles. The lowest BCUT2D eigenvalue weighted by Gasteiger charge is -2.32. The quantitative estimate of drug-likeness (QED) is 0.168. The van der Waals surface area contributed by atoms with Crippen molar-refractivity contribution in [3.63, 3.8) is 0 Å². The maximum atomic E-state index is 5.07. The van der Waals surface area contributed by atoms with Crippen molar-refractivity contribution in [1.29, 1.82) is 0 Å². The summed E-state index contributed by atoms with van der Waals surface area (Å²) in [6, 6.07) is 72.9. The van der Waals surface area contributed by atoms with E-state index in [1.54, 1.807) is 0 Å². The van der Waals surface area contributed by atoms with Crippen molar-refractivity contribution in [2.75, 3.05) is 9.80 Å². The van der Waals surface area contributed by atoms with Crippen molar-refractivity contribution >= 4 is 65.6 Å². The first-order chi connectivity index (χ1) is 28.8. The van der Waals surface area contributed by atoms with Gasteiger partial charge in [0.25, 0.3) is 0 Å². The molecule has 0 N–H and O–H groups in total. The number of nitrogens with zero attached hydrogens (tertiary/aromatic N) is 3. The molecule has 12 rings (SSSR count). The second-order valence-electron chi connectivity index (χ2n) is 15.1. The number of benzene rings is 8. The van der Waals surface area contributed by atoms with Gasteiger partial charge in [0.15, 0.2) is 0 Å². The molecule has 3 nitrogen and oxygen atoms in total. The number of anilines is 6. The second kappa shape index (κ2) is 12.9. The van der Waals surface area contributed by atoms with Crippen LogP contribution in [0, 0.1) is 0 Å². The smallest absolute Gasteiger partial charge is 0.0824 e. The number of aromatic nitrogens is 1. The Morgan fingerprint density at radius 3 is 1.36 bits per heavy atom. The fraction of sp³-hybridized carbons (Fsp3) is 0.0185. The number of fused-ring (bicyclic) bond motifs is 13. The van der Waals surface area contributed by atoms with Gasteiger partial charge in [-0.15, -0.1) is 11.3 Å². The lowest BCUT2D eigenvalue weighted by atomic mass is 9.70. The Bertz CT molecular complexity index is 3050. The molecule has 0 unspecified atom stereocenters. The summed E-state index contributed by atoms with van der Waals surface area (Å²) in [5.74, 6) is 0. The minimum Gasteiger partial charge on any atom is -0.309 e. The fourth-order valence-electron chi connectivity index (χ4n) is 9.90. The molecular formula is C54H35N3S. The summed E-state index contributed by atoms with van der Waals surface area (Å²) < 4.78 is 2.42. The predicted octanol–water partition coefficient (Wildman–Crippen LogP) is 14.7. The first-order valence-electron chi connectivity index (χ1n) is 19.8. The molecule has 2 aromatic heterocycles. The first kappa shape index (κ1) is 32.9. The van der Waals surface area contributed by atoms with E-state index in [9.17, 15) is 0 Å². The highest BCUT2D eigenvalue weighted by molar-refractivity contribution is 7.26. The number of thiophene rings is 1. The van der Waals surface area contributed by atoms with Gasteiger partial charge < -0.3 is 9.80 Å². The summed E-state index contributed by atoms with van der Waals surface area (Å²) in [4.78, 5) is 9.91. The first-order valence-corrected chi connectivity index (χ1v) is 20.6. The third-order valence-corrected chi connectivity index (χ3v) is 13.3. The number of pyridine rings is 1. The van der Waals surface area contributed by atoms with Crippen LogP contribution in [0.4, 0.5) is 34.1 Å². The van der Waals surface area contributed by atoms with E-state index in [1.165, 1.54) is 65.0 Å². The normalized spacial score (nSPS) is 13.0. The largest absolute Gasteiger partial charge is 0.309 e. The van der Waals surface area contributed by atoms with E-state index in [4.69, 9.17) is 4.98 Å². The topological polar surface area (TPSA) is 19.4 Å². The Labute approximate surface area is 341 Å². The molecule has 0 atom stereocenters. The van der Waals surface area contributed by atoms with Crippen LogP contribution in [0.1, 0.15) is 22.3 Å². The van der Waals surface area contributed by atoms with E-state index in [0.717, 1.165) is 33.8 Å². The van der Waals surface area contributed by atoms with Gasteiger partial charge in [0.2, 0.25) is 0 Å². The summed E-state index contributed by atoms with van der Waals surface area (Å²) >= 11 is 1.87. The maximum Gasteiger partial charge on any atom is 0.0824 e. The summed E-state index contributed by atoms with van der Waals surface area (Å²) in [6.07, 6.45) is 4.13. The average Bonchev–Trinajstić information content (AvgIpc) is 3.92. The minimum absolute atomic E-state index is 0.502. The predicted molar refractivity (Wildman–Crippen MR) is 243 cm³/mol. The van der Waals surface area contributed by atoms with Gasteiger partial charge in [0, 0.05) is 50.0 Å². The van der Waals surface area contributed by atoms with E-state index in [1.807, 2.05) is 17.5 Å². The maximum absolute atomic E-state index is 5.07. The van der Waals surface area contributed by atoms with Gasteiger partial charge in [0.1, 0.15) is 0 Å². The van der Waals surface area contributed by atoms with E-state index in [2.05, 4.69) is 216 Å². The lowest BCUT2D eigenvalue weighted by molar-refractivity contribution is 0.795. The van der Waals surface area contributed by atoms with Crippen molar-refractivity contribution in [2.24, 2.45) is 0 Å². The third kappa shape index (κ3) is 4.58. The zero-order valence-corrected chi connectivity index (χ0v) is 32.3. The SMILES string of the molecule is c1ccc(N(c2ccccc2)c2cncc3c2sc2cc4c(c(N(c5ccccc5)c5ccccc5)c23)-c2ccccc2C42c3ccccc3-c3ccccc32)cc1. The molecule has 2 aliphatic carbocycles. The molecule has 0 aliphatic heterocycles. The minimum atomic E-state index is -0.502. The van der Waals surface area contributed by atoms with Gasteiger partial charge >= 0.3 is 0 Å². The Morgan fingerprint density at radius 1 is 0.414 bits per heavy atom. The molecule has 0 amide bonds. The number of hydrogen-bond donors (Lipinski definition) is 0. The zero-order chi connectivity index (χ0) is 38.2. The van der Waals surface area contributed by atoms with Gasteiger partial charge in [-0.25, -0.2) is 0 Å². The van der Waals surface area contributed by atoms with E-state index >= 15 is 0 Å². The second-order valence-corrected chi connectivity index (χ2v) is 16.1. The van der Waals surface area contributed by atoms with Crippen molar-refractivity contribution in [3.8, 4) is 22.3 Å². The summed E-state index contributed by atoms with van der Waals surface area (Å²) in [7, 11) is 0. The van der Waals surface area contributed by atoms with Crippen molar-refractivity contribution < 1.29 is 0 Å². The molecule has 2 heterocycles. The number of para-hydroxylation sites is 4. The summed E-state index contributed by atoms with van der Waals surface area (Å²) in [6.45, 7) is 0. The molecule has 272 valence electrons. The molecule has 2 aliphatic rings. The van der Waals surface area contributed by atoms with Crippen LogP contribution in [-0.4, -0.2) is 4.98 Å². The van der Waals surface area contributed by atoms with E-state index < -0.39 is 5.41 Å². The van der Waals surface area contributed by atoms with E-state index in [-0.39, 0.29) is 0 Å². The van der Waals surface area contributed by atoms with Gasteiger partial charge in [-0.1, -0.05) is 146 Å². The molecule has 1 spiro atoms. The molecule has 8 aromatic carbocycles. The zero-order valence-electron chi connectivity index (χ0n) is 31.5. The Hall–Kier alpha value is -7.27. The molecular weight excluding hydrogens is 723 g/mol. The van der Waals surface area contributed by atoms with Gasteiger partial charge in [-0.2, -0.15) is 0 Å². The van der Waals surface area contributed by atoms with Crippen LogP contribution in [-0.2, 0) is 5.41 Å². The highest BCUT2D eigenvalue weighted by Crippen LogP contribution is 2.66. The van der Waals surface area contributed by atoms with Gasteiger partial charge in [-0.05, 0) is 93.5 Å². The Balaban J connectivity index is 1.27. The molecule has 4 heteroatoms. The fourth-order valence-corrected chi connectivity index (χ4v) is 11.1. The number of rotatable bonds is 6. The van der Waals surface area contributed by atoms with Crippen molar-refractivity contribution in [2.45, 2.75) is 5.41 Å². The standard InChI is InChI=1S/C54H35N3S/c1-5-19-36(20-6-1)56(37-21-7-2-8-22-37)48-35-55-34-43-51-49(58-53(43)48)33-47-50(52(51)57(38-23-9-3-10-24-38)39-25-11-4-12-26-39)42-29-15-18-32-46(42)54(47)44-30-16-13-27-40(44)41-28-14-17-31-45(41)54/h1-35H. The van der Waals surface area contributed by atoms with Crippen LogP contribution in [0.3, 0.4) is 0 Å². The Morgan fingerprint density at radius 2 is 0.845 bits per heavy atom. The monoisotopic (exact) mass is 757 g/mol. The van der Waals surface area contributed by atoms with Crippen LogP contribution < -0.4 is 9.80 Å². The number of hydrogen-bond acceptors (Lipinski definition) is 4. The van der Waals surface area contributed by atoms with Crippen molar-refractivity contribution in [1.82, 2.24) is 4.98 Å². The van der Waals surface area contributed by atoms with Crippen LogP contribution in [0.25, 0.3) is 42.4 Å². The average molecular weight is 758 g/mol. The lowest BCUT2D eigenvalue weighted by Crippen LogP contribution is -2.26. The molecule has 58 heavy (non-hydrogen) atoms. The molecule has 0 saturated heterocycles.